The van der Waals surface area contributed by atoms with E-state index >= 15 is 0 Å². The maximum Gasteiger partial charge on any atom is 0.306 e. The van der Waals surface area contributed by atoms with Crippen LogP contribution in [0.3, 0.4) is 0 Å². The number of benzene rings is 2. The summed E-state index contributed by atoms with van der Waals surface area (Å²) < 4.78 is 18.4. The molecule has 0 radical (unpaired) electrons. The number of rotatable bonds is 8. The fourth-order valence-corrected chi connectivity index (χ4v) is 4.04. The number of para-hydroxylation sites is 1. The molecule has 3 aromatic rings. The number of carboxylic acids is 1. The normalized spacial score (nSPS) is 18.0. The minimum absolute atomic E-state index is 0.0131. The summed E-state index contributed by atoms with van der Waals surface area (Å²) in [7, 11) is 0. The van der Waals surface area contributed by atoms with E-state index in [1.54, 1.807) is 18.2 Å². The van der Waals surface area contributed by atoms with E-state index in [4.69, 9.17) is 30.6 Å². The van der Waals surface area contributed by atoms with Crippen LogP contribution in [-0.2, 0) is 9.53 Å². The first-order chi connectivity index (χ1) is 14.9. The smallest absolute Gasteiger partial charge is 0.306 e. The number of aliphatic carboxylic acids is 1. The monoisotopic (exact) mass is 506 g/mol. The van der Waals surface area contributed by atoms with Crippen molar-refractivity contribution in [2.75, 3.05) is 13.2 Å². The zero-order valence-electron chi connectivity index (χ0n) is 16.5. The van der Waals surface area contributed by atoms with Crippen LogP contribution in [0.25, 0.3) is 22.3 Å². The second-order valence-corrected chi connectivity index (χ2v) is 8.76. The van der Waals surface area contributed by atoms with Crippen LogP contribution in [0.1, 0.15) is 19.3 Å². The number of fused-ring (bicyclic) bond motifs is 1. The van der Waals surface area contributed by atoms with Gasteiger partial charge in [-0.1, -0.05) is 33.6 Å². The van der Waals surface area contributed by atoms with Gasteiger partial charge in [0.25, 0.3) is 0 Å². The SMILES string of the molecule is O=c1cc(-c2ccc(Br)cc2OCCCO[C@H]2C[C@@H](C(=O)O)C2)oc2c(Cl)cccc12. The number of halogens is 2. The molecule has 8 heteroatoms. The molecule has 1 aliphatic rings. The summed E-state index contributed by atoms with van der Waals surface area (Å²) in [6.07, 6.45) is 1.79. The van der Waals surface area contributed by atoms with Gasteiger partial charge in [0.05, 0.1) is 41.2 Å². The predicted molar refractivity (Wildman–Crippen MR) is 121 cm³/mol. The standard InChI is InChI=1S/C23H20BrClO6/c24-14-5-6-17(21-12-19(26)16-3-1-4-18(25)22(16)31-21)20(11-14)30-8-2-7-29-15-9-13(10-15)23(27)28/h1,3-6,11-13,15H,2,7-10H2,(H,27,28)/t13-,15+. The van der Waals surface area contributed by atoms with Gasteiger partial charge in [-0.05, 0) is 43.2 Å². The molecule has 0 unspecified atom stereocenters. The Kier molecular flexibility index (Phi) is 6.65. The minimum atomic E-state index is -0.757. The lowest BCUT2D eigenvalue weighted by molar-refractivity contribution is -0.151. The van der Waals surface area contributed by atoms with Crippen LogP contribution in [0.4, 0.5) is 0 Å². The average molecular weight is 508 g/mol. The summed E-state index contributed by atoms with van der Waals surface area (Å²) >= 11 is 9.67. The Hall–Kier alpha value is -2.35. The van der Waals surface area contributed by atoms with Crippen molar-refractivity contribution in [3.63, 3.8) is 0 Å². The highest BCUT2D eigenvalue weighted by molar-refractivity contribution is 9.10. The van der Waals surface area contributed by atoms with Gasteiger partial charge in [-0.15, -0.1) is 0 Å². The zero-order valence-corrected chi connectivity index (χ0v) is 18.8. The van der Waals surface area contributed by atoms with E-state index in [1.165, 1.54) is 6.07 Å². The van der Waals surface area contributed by atoms with Crippen LogP contribution < -0.4 is 10.2 Å². The number of ether oxygens (including phenoxy) is 2. The van der Waals surface area contributed by atoms with E-state index in [0.29, 0.717) is 65.5 Å². The quantitative estimate of drug-likeness (QED) is 0.404. The zero-order chi connectivity index (χ0) is 22.0. The van der Waals surface area contributed by atoms with Gasteiger partial charge in [-0.25, -0.2) is 0 Å². The molecule has 1 saturated carbocycles. The number of hydrogen-bond acceptors (Lipinski definition) is 5. The number of hydrogen-bond donors (Lipinski definition) is 1. The fraction of sp³-hybridized carbons (Fsp3) is 0.304. The van der Waals surface area contributed by atoms with Crippen molar-refractivity contribution in [2.45, 2.75) is 25.4 Å². The van der Waals surface area contributed by atoms with Crippen molar-refractivity contribution in [3.05, 3.63) is 62.2 Å². The summed E-state index contributed by atoms with van der Waals surface area (Å²) in [5, 5.41) is 9.70. The third kappa shape index (κ3) is 4.95. The Balaban J connectivity index is 1.44. The maximum atomic E-state index is 12.5. The molecule has 1 fully saturated rings. The van der Waals surface area contributed by atoms with Crippen LogP contribution in [0.5, 0.6) is 5.75 Å². The molecule has 4 rings (SSSR count). The highest BCUT2D eigenvalue weighted by Gasteiger charge is 2.34. The molecule has 0 spiro atoms. The van der Waals surface area contributed by atoms with Gasteiger partial charge in [0.15, 0.2) is 11.0 Å². The summed E-state index contributed by atoms with van der Waals surface area (Å²) in [5.74, 6) is -0.0976. The van der Waals surface area contributed by atoms with Crippen LogP contribution in [0.15, 0.2) is 56.1 Å². The summed E-state index contributed by atoms with van der Waals surface area (Å²) in [4.78, 5) is 23.4. The molecule has 1 heterocycles. The Morgan fingerprint density at radius 2 is 2.00 bits per heavy atom. The summed E-state index contributed by atoms with van der Waals surface area (Å²) in [6.45, 7) is 0.887. The first-order valence-corrected chi connectivity index (χ1v) is 11.1. The average Bonchev–Trinajstić information content (AvgIpc) is 2.69. The van der Waals surface area contributed by atoms with E-state index in [-0.39, 0.29) is 17.5 Å². The van der Waals surface area contributed by atoms with Gasteiger partial charge in [-0.2, -0.15) is 0 Å². The molecule has 2 aromatic carbocycles. The van der Waals surface area contributed by atoms with Crippen molar-refractivity contribution < 1.29 is 23.8 Å². The Bertz CT molecular complexity index is 1170. The van der Waals surface area contributed by atoms with Gasteiger partial charge in [0.1, 0.15) is 11.5 Å². The third-order valence-corrected chi connectivity index (χ3v) is 6.05. The van der Waals surface area contributed by atoms with E-state index in [0.717, 1.165) is 4.47 Å². The summed E-state index contributed by atoms with van der Waals surface area (Å²) in [6, 6.07) is 12.0. The Morgan fingerprint density at radius 1 is 1.19 bits per heavy atom. The van der Waals surface area contributed by atoms with Crippen molar-refractivity contribution >= 4 is 44.5 Å². The van der Waals surface area contributed by atoms with Crippen molar-refractivity contribution in [1.82, 2.24) is 0 Å². The first kappa shape index (κ1) is 21.9. The highest BCUT2D eigenvalue weighted by atomic mass is 79.9. The third-order valence-electron chi connectivity index (χ3n) is 5.26. The molecule has 31 heavy (non-hydrogen) atoms. The molecule has 0 saturated heterocycles. The van der Waals surface area contributed by atoms with Crippen molar-refractivity contribution in [1.29, 1.82) is 0 Å². The molecule has 1 N–H and O–H groups in total. The van der Waals surface area contributed by atoms with Gasteiger partial charge in [0.2, 0.25) is 0 Å². The van der Waals surface area contributed by atoms with E-state index in [9.17, 15) is 9.59 Å². The van der Waals surface area contributed by atoms with Crippen LogP contribution >= 0.6 is 27.5 Å². The molecule has 0 atom stereocenters. The Morgan fingerprint density at radius 3 is 2.77 bits per heavy atom. The number of carbonyl (C=O) groups is 1. The lowest BCUT2D eigenvalue weighted by Crippen LogP contribution is -2.36. The maximum absolute atomic E-state index is 12.5. The molecule has 0 aliphatic heterocycles. The lowest BCUT2D eigenvalue weighted by Gasteiger charge is -2.32. The van der Waals surface area contributed by atoms with E-state index < -0.39 is 5.97 Å². The van der Waals surface area contributed by atoms with Crippen molar-refractivity contribution in [2.24, 2.45) is 5.92 Å². The fourth-order valence-electron chi connectivity index (χ4n) is 3.49. The molecular formula is C23H20BrClO6. The van der Waals surface area contributed by atoms with E-state index in [2.05, 4.69) is 15.9 Å². The van der Waals surface area contributed by atoms with Gasteiger partial charge < -0.3 is 19.0 Å². The molecule has 0 amide bonds. The highest BCUT2D eigenvalue weighted by Crippen LogP contribution is 2.35. The molecular weight excluding hydrogens is 488 g/mol. The van der Waals surface area contributed by atoms with Crippen LogP contribution in [0, 0.1) is 5.92 Å². The second kappa shape index (κ2) is 9.42. The van der Waals surface area contributed by atoms with Crippen LogP contribution in [-0.4, -0.2) is 30.4 Å². The molecule has 162 valence electrons. The first-order valence-electron chi connectivity index (χ1n) is 9.92. The number of carboxylic acid groups (broad SMARTS) is 1. The molecule has 1 aromatic heterocycles. The largest absolute Gasteiger partial charge is 0.493 e. The Labute approximate surface area is 191 Å². The van der Waals surface area contributed by atoms with E-state index in [1.807, 2.05) is 18.2 Å². The second-order valence-electron chi connectivity index (χ2n) is 7.43. The topological polar surface area (TPSA) is 86.0 Å². The van der Waals surface area contributed by atoms with Crippen molar-refractivity contribution in [3.8, 4) is 17.1 Å². The van der Waals surface area contributed by atoms with Gasteiger partial charge >= 0.3 is 5.97 Å². The molecule has 0 bridgehead atoms. The summed E-state index contributed by atoms with van der Waals surface area (Å²) in [5.41, 5.74) is 0.807. The minimum Gasteiger partial charge on any atom is -0.493 e. The predicted octanol–water partition coefficient (Wildman–Crippen LogP) is 5.52. The lowest BCUT2D eigenvalue weighted by atomic mass is 9.82. The molecule has 6 nitrogen and oxygen atoms in total. The van der Waals surface area contributed by atoms with Gasteiger partial charge in [-0.3, -0.25) is 9.59 Å². The van der Waals surface area contributed by atoms with Crippen LogP contribution in [0.2, 0.25) is 5.02 Å². The molecule has 1 aliphatic carbocycles. The van der Waals surface area contributed by atoms with Gasteiger partial charge in [0, 0.05) is 17.0 Å².